The lowest BCUT2D eigenvalue weighted by molar-refractivity contribution is 0.946. The van der Waals surface area contributed by atoms with E-state index in [-0.39, 0.29) is 5.92 Å². The first kappa shape index (κ1) is 35.6. The van der Waals surface area contributed by atoms with Crippen LogP contribution in [0.25, 0.3) is 44.7 Å². The van der Waals surface area contributed by atoms with Gasteiger partial charge in [-0.25, -0.2) is 0 Å². The van der Waals surface area contributed by atoms with E-state index in [2.05, 4.69) is 225 Å². The number of nitrogens with zero attached hydrogens (tertiary/aromatic N) is 1. The van der Waals surface area contributed by atoms with E-state index in [0.29, 0.717) is 6.54 Å². The van der Waals surface area contributed by atoms with Gasteiger partial charge >= 0.3 is 0 Å². The first-order chi connectivity index (χ1) is 28.2. The molecule has 8 aromatic carbocycles. The zero-order valence-electron chi connectivity index (χ0n) is 31.9. The van der Waals surface area contributed by atoms with Crippen LogP contribution in [-0.2, 0) is 13.0 Å². The number of rotatable bonds is 9. The van der Waals surface area contributed by atoms with Crippen LogP contribution in [-0.4, -0.2) is 5.71 Å². The number of allylic oxidation sites excluding steroid dienone is 3. The Labute approximate surface area is 336 Å². The molecule has 0 aliphatic heterocycles. The Bertz CT molecular complexity index is 2770. The Balaban J connectivity index is 1.05. The maximum Gasteiger partial charge on any atom is 0.0651 e. The van der Waals surface area contributed by atoms with Crippen LogP contribution < -0.4 is 0 Å². The Morgan fingerprint density at radius 3 is 1.89 bits per heavy atom. The van der Waals surface area contributed by atoms with Gasteiger partial charge in [0, 0.05) is 11.5 Å². The molecule has 0 N–H and O–H groups in total. The molecule has 0 fully saturated rings. The van der Waals surface area contributed by atoms with E-state index in [1.54, 1.807) is 0 Å². The summed E-state index contributed by atoms with van der Waals surface area (Å²) < 4.78 is 0. The molecule has 0 spiro atoms. The topological polar surface area (TPSA) is 12.4 Å². The fraction of sp³-hybridized carbons (Fsp3) is 0.0536. The quantitative estimate of drug-likeness (QED) is 0.104. The number of aliphatic imine (C=N–C) groups is 1. The summed E-state index contributed by atoms with van der Waals surface area (Å²) in [4.78, 5) is 5.25. The number of hydrogen-bond acceptors (Lipinski definition) is 1. The molecule has 1 atom stereocenters. The Hall–Kier alpha value is -7.09. The van der Waals surface area contributed by atoms with Gasteiger partial charge in [0.05, 0.1) is 12.3 Å². The van der Waals surface area contributed by atoms with E-state index in [9.17, 15) is 0 Å². The third-order valence-electron chi connectivity index (χ3n) is 11.0. The average Bonchev–Trinajstić information content (AvgIpc) is 3.43. The summed E-state index contributed by atoms with van der Waals surface area (Å²) in [5.41, 5.74) is 16.7. The van der Waals surface area contributed by atoms with E-state index in [1.807, 2.05) is 0 Å². The molecule has 0 saturated heterocycles. The standard InChI is InChI=1S/C56H43N/c1-40-35-51-33-32-46-22-11-12-26-52(46)56(51)54(45-20-9-4-10-21-45)38-53(40)47-30-27-41(28-31-47)29-34-55(50-25-14-24-49(37-50)44-18-7-3-8-19-44)57-39-42-15-13-23-48(36-42)43-16-5-2-6-17-43/h2-34,36-38,53H,1,35,39H2/b34-29+,57-55+. The SMILES string of the molecule is C=C1Cc2ccc3ccccc3c2C(c2ccccc2)=CC1c1ccc(/C=C/C(=N\Cc2cccc(-c3ccccc3)c2)c2cccc(-c3ccccc3)c2)cc1. The molecule has 57 heavy (non-hydrogen) atoms. The maximum absolute atomic E-state index is 5.25. The number of hydrogen-bond donors (Lipinski definition) is 0. The van der Waals surface area contributed by atoms with Gasteiger partial charge in [-0.1, -0.05) is 212 Å². The van der Waals surface area contributed by atoms with Crippen LogP contribution in [0.15, 0.2) is 229 Å². The van der Waals surface area contributed by atoms with E-state index < -0.39 is 0 Å². The van der Waals surface area contributed by atoms with Crippen molar-refractivity contribution in [3.8, 4) is 22.3 Å². The lowest BCUT2D eigenvalue weighted by Crippen LogP contribution is -2.01. The minimum Gasteiger partial charge on any atom is -0.280 e. The Kier molecular flexibility index (Phi) is 10.2. The smallest absolute Gasteiger partial charge is 0.0651 e. The molecule has 8 aromatic rings. The molecular weight excluding hydrogens is 687 g/mol. The molecule has 272 valence electrons. The highest BCUT2D eigenvalue weighted by Crippen LogP contribution is 2.42. The van der Waals surface area contributed by atoms with Gasteiger partial charge in [-0.3, -0.25) is 4.99 Å². The van der Waals surface area contributed by atoms with Crippen LogP contribution in [0.2, 0.25) is 0 Å². The van der Waals surface area contributed by atoms with Gasteiger partial charge in [0.2, 0.25) is 0 Å². The van der Waals surface area contributed by atoms with E-state index in [4.69, 9.17) is 4.99 Å². The largest absolute Gasteiger partial charge is 0.280 e. The first-order valence-electron chi connectivity index (χ1n) is 19.7. The highest BCUT2D eigenvalue weighted by molar-refractivity contribution is 6.11. The lowest BCUT2D eigenvalue weighted by atomic mass is 9.88. The van der Waals surface area contributed by atoms with Gasteiger partial charge in [0.1, 0.15) is 0 Å². The Morgan fingerprint density at radius 1 is 0.561 bits per heavy atom. The molecule has 1 heteroatoms. The fourth-order valence-electron chi connectivity index (χ4n) is 8.07. The van der Waals surface area contributed by atoms with Crippen LogP contribution >= 0.6 is 0 Å². The summed E-state index contributed by atoms with van der Waals surface area (Å²) in [6.45, 7) is 5.25. The summed E-state index contributed by atoms with van der Waals surface area (Å²) in [7, 11) is 0. The summed E-state index contributed by atoms with van der Waals surface area (Å²) >= 11 is 0. The predicted molar refractivity (Wildman–Crippen MR) is 243 cm³/mol. The van der Waals surface area contributed by atoms with Gasteiger partial charge in [0.25, 0.3) is 0 Å². The molecule has 1 aliphatic rings. The molecule has 0 heterocycles. The maximum atomic E-state index is 5.25. The molecule has 0 saturated carbocycles. The number of benzene rings is 8. The minimum absolute atomic E-state index is 0.0777. The third-order valence-corrected chi connectivity index (χ3v) is 11.0. The second kappa shape index (κ2) is 16.3. The highest BCUT2D eigenvalue weighted by atomic mass is 14.7. The lowest BCUT2D eigenvalue weighted by Gasteiger charge is -2.16. The number of fused-ring (bicyclic) bond motifs is 3. The fourth-order valence-corrected chi connectivity index (χ4v) is 8.07. The molecule has 0 bridgehead atoms. The first-order valence-corrected chi connectivity index (χ1v) is 19.7. The molecule has 9 rings (SSSR count). The molecule has 1 aliphatic carbocycles. The van der Waals surface area contributed by atoms with Gasteiger partial charge in [0.15, 0.2) is 0 Å². The van der Waals surface area contributed by atoms with Gasteiger partial charge in [-0.15, -0.1) is 0 Å². The van der Waals surface area contributed by atoms with Crippen molar-refractivity contribution in [1.82, 2.24) is 0 Å². The van der Waals surface area contributed by atoms with Crippen LogP contribution in [0.5, 0.6) is 0 Å². The van der Waals surface area contributed by atoms with Crippen LogP contribution in [0.4, 0.5) is 0 Å². The Morgan fingerprint density at radius 2 is 1.18 bits per heavy atom. The van der Waals surface area contributed by atoms with Crippen molar-refractivity contribution in [2.75, 3.05) is 0 Å². The summed E-state index contributed by atoms with van der Waals surface area (Å²) in [6.07, 6.45) is 7.63. The van der Waals surface area contributed by atoms with E-state index >= 15 is 0 Å². The zero-order chi connectivity index (χ0) is 38.4. The van der Waals surface area contributed by atoms with Crippen LogP contribution in [0, 0.1) is 0 Å². The van der Waals surface area contributed by atoms with Crippen molar-refractivity contribution in [3.05, 3.63) is 263 Å². The monoisotopic (exact) mass is 729 g/mol. The minimum atomic E-state index is 0.0777. The second-order valence-corrected chi connectivity index (χ2v) is 14.8. The normalized spacial score (nSPS) is 14.3. The molecule has 0 radical (unpaired) electrons. The summed E-state index contributed by atoms with van der Waals surface area (Å²) in [5, 5.41) is 2.54. The van der Waals surface area contributed by atoms with Crippen LogP contribution in [0.1, 0.15) is 44.9 Å². The van der Waals surface area contributed by atoms with Gasteiger partial charge in [-0.05, 0) is 96.6 Å². The van der Waals surface area contributed by atoms with E-state index in [1.165, 1.54) is 72.0 Å². The molecule has 1 unspecified atom stereocenters. The van der Waals surface area contributed by atoms with Crippen molar-refractivity contribution < 1.29 is 0 Å². The summed E-state index contributed by atoms with van der Waals surface area (Å²) in [6, 6.07) is 71.6. The molecular formula is C56H43N. The van der Waals surface area contributed by atoms with Crippen molar-refractivity contribution in [2.45, 2.75) is 18.9 Å². The third kappa shape index (κ3) is 7.87. The molecule has 0 amide bonds. The zero-order valence-corrected chi connectivity index (χ0v) is 31.9. The van der Waals surface area contributed by atoms with Crippen molar-refractivity contribution >= 4 is 28.1 Å². The predicted octanol–water partition coefficient (Wildman–Crippen LogP) is 14.2. The van der Waals surface area contributed by atoms with Gasteiger partial charge < -0.3 is 0 Å². The molecule has 1 nitrogen and oxygen atoms in total. The second-order valence-electron chi connectivity index (χ2n) is 14.8. The highest BCUT2D eigenvalue weighted by Gasteiger charge is 2.24. The molecule has 0 aromatic heterocycles. The van der Waals surface area contributed by atoms with Crippen LogP contribution in [0.3, 0.4) is 0 Å². The van der Waals surface area contributed by atoms with Gasteiger partial charge in [-0.2, -0.15) is 0 Å². The summed E-state index contributed by atoms with van der Waals surface area (Å²) in [5.74, 6) is 0.0777. The average molecular weight is 730 g/mol. The van der Waals surface area contributed by atoms with Crippen molar-refractivity contribution in [1.29, 1.82) is 0 Å². The van der Waals surface area contributed by atoms with Crippen molar-refractivity contribution in [2.24, 2.45) is 4.99 Å². The van der Waals surface area contributed by atoms with Crippen molar-refractivity contribution in [3.63, 3.8) is 0 Å². The van der Waals surface area contributed by atoms with E-state index in [0.717, 1.165) is 23.3 Å².